The van der Waals surface area contributed by atoms with E-state index in [0.717, 1.165) is 11.3 Å². The molecule has 2 heteroatoms. The van der Waals surface area contributed by atoms with Gasteiger partial charge >= 0.3 is 0 Å². The Morgan fingerprint density at radius 2 is 1.17 bits per heavy atom. The van der Waals surface area contributed by atoms with Crippen LogP contribution in [0.3, 0.4) is 0 Å². The summed E-state index contributed by atoms with van der Waals surface area (Å²) in [5.41, 5.74) is 5.19. The molecule has 5 aromatic rings. The molecule has 0 unspecified atom stereocenters. The highest BCUT2D eigenvalue weighted by molar-refractivity contribution is 6.09. The first-order valence-corrected chi connectivity index (χ1v) is 9.67. The summed E-state index contributed by atoms with van der Waals surface area (Å²) < 4.78 is 2.29. The molecule has 0 saturated heterocycles. The van der Waals surface area contributed by atoms with Crippen molar-refractivity contribution in [3.63, 3.8) is 0 Å². The van der Waals surface area contributed by atoms with Crippen LogP contribution in [0.25, 0.3) is 33.6 Å². The number of benzene rings is 4. The van der Waals surface area contributed by atoms with Crippen LogP contribution in [0.4, 0.5) is 0 Å². The van der Waals surface area contributed by atoms with E-state index in [4.69, 9.17) is 0 Å². The van der Waals surface area contributed by atoms with Gasteiger partial charge in [-0.2, -0.15) is 0 Å². The molecule has 138 valence electrons. The fourth-order valence-corrected chi connectivity index (χ4v) is 3.81. The lowest BCUT2D eigenvalue weighted by Crippen LogP contribution is -1.94. The van der Waals surface area contributed by atoms with Crippen molar-refractivity contribution in [2.75, 3.05) is 0 Å². The number of allylic oxidation sites excluding steroid dienone is 1. The van der Waals surface area contributed by atoms with E-state index in [1.165, 1.54) is 21.8 Å². The van der Waals surface area contributed by atoms with Crippen LogP contribution in [-0.4, -0.2) is 10.4 Å². The van der Waals surface area contributed by atoms with Crippen molar-refractivity contribution in [1.29, 1.82) is 0 Å². The maximum Gasteiger partial charge on any atom is 0.185 e. The third-order valence-corrected chi connectivity index (χ3v) is 5.22. The lowest BCUT2D eigenvalue weighted by molar-refractivity contribution is 0.104. The average molecular weight is 373 g/mol. The molecule has 0 bridgehead atoms. The summed E-state index contributed by atoms with van der Waals surface area (Å²) in [5.74, 6) is 0.0112. The fraction of sp³-hybridized carbons (Fsp3) is 0. The molecule has 0 radical (unpaired) electrons. The Kier molecular flexibility index (Phi) is 4.30. The first kappa shape index (κ1) is 17.2. The summed E-state index contributed by atoms with van der Waals surface area (Å²) >= 11 is 0. The average Bonchev–Trinajstić information content (AvgIpc) is 3.13. The van der Waals surface area contributed by atoms with Gasteiger partial charge in [0, 0.05) is 22.0 Å². The van der Waals surface area contributed by atoms with E-state index in [0.29, 0.717) is 5.56 Å². The van der Waals surface area contributed by atoms with Gasteiger partial charge in [0.2, 0.25) is 0 Å². The monoisotopic (exact) mass is 373 g/mol. The summed E-state index contributed by atoms with van der Waals surface area (Å²) in [4.78, 5) is 12.3. The topological polar surface area (TPSA) is 22.0 Å². The van der Waals surface area contributed by atoms with E-state index in [1.54, 1.807) is 6.08 Å². The zero-order valence-corrected chi connectivity index (χ0v) is 15.8. The van der Waals surface area contributed by atoms with Crippen LogP contribution in [0.1, 0.15) is 15.9 Å². The van der Waals surface area contributed by atoms with Crippen LogP contribution in [0, 0.1) is 0 Å². The van der Waals surface area contributed by atoms with Crippen LogP contribution in [0.5, 0.6) is 0 Å². The molecule has 1 aromatic heterocycles. The minimum Gasteiger partial charge on any atom is -0.309 e. The van der Waals surface area contributed by atoms with E-state index in [9.17, 15) is 4.79 Å². The number of ketones is 1. The van der Waals surface area contributed by atoms with Crippen LogP contribution in [-0.2, 0) is 0 Å². The van der Waals surface area contributed by atoms with Gasteiger partial charge in [0.1, 0.15) is 0 Å². The summed E-state index contributed by atoms with van der Waals surface area (Å²) in [6.07, 6.45) is 3.50. The Morgan fingerprint density at radius 1 is 0.621 bits per heavy atom. The first-order chi connectivity index (χ1) is 14.3. The molecule has 0 spiro atoms. The summed E-state index contributed by atoms with van der Waals surface area (Å²) in [5, 5.41) is 2.50. The van der Waals surface area contributed by atoms with Gasteiger partial charge in [0.25, 0.3) is 0 Å². The third-order valence-electron chi connectivity index (χ3n) is 5.22. The highest BCUT2D eigenvalue weighted by atomic mass is 16.1. The zero-order valence-electron chi connectivity index (χ0n) is 15.8. The van der Waals surface area contributed by atoms with Gasteiger partial charge in [-0.1, -0.05) is 84.9 Å². The molecule has 1 heterocycles. The highest BCUT2D eigenvalue weighted by Crippen LogP contribution is 2.31. The van der Waals surface area contributed by atoms with Gasteiger partial charge in [-0.25, -0.2) is 0 Å². The third kappa shape index (κ3) is 3.15. The Balaban J connectivity index is 1.51. The molecular weight excluding hydrogens is 354 g/mol. The van der Waals surface area contributed by atoms with Crippen molar-refractivity contribution in [3.8, 4) is 5.69 Å². The number of aromatic nitrogens is 1. The Hall–Kier alpha value is -3.91. The number of carbonyl (C=O) groups excluding carboxylic acids is 1. The van der Waals surface area contributed by atoms with Crippen LogP contribution in [0.2, 0.25) is 0 Å². The molecule has 4 aromatic carbocycles. The largest absolute Gasteiger partial charge is 0.309 e. The molecule has 0 saturated carbocycles. The molecule has 2 nitrogen and oxygen atoms in total. The molecule has 0 atom stereocenters. The summed E-state index contributed by atoms with van der Waals surface area (Å²) in [7, 11) is 0. The maximum atomic E-state index is 12.3. The maximum absolute atomic E-state index is 12.3. The van der Waals surface area contributed by atoms with Crippen LogP contribution >= 0.6 is 0 Å². The van der Waals surface area contributed by atoms with Gasteiger partial charge in [0.05, 0.1) is 11.0 Å². The number of para-hydroxylation sites is 2. The van der Waals surface area contributed by atoms with Crippen molar-refractivity contribution >= 4 is 33.7 Å². The standard InChI is InChI=1S/C27H19NO/c29-27(21-8-2-1-3-9-21)19-16-20-14-17-22(18-15-20)28-25-12-6-4-10-23(25)24-11-5-7-13-26(24)28/h1-19H/b19-16+. The van der Waals surface area contributed by atoms with Crippen molar-refractivity contribution < 1.29 is 4.79 Å². The molecule has 0 aliphatic rings. The Labute approximate surface area is 169 Å². The lowest BCUT2D eigenvalue weighted by atomic mass is 10.1. The first-order valence-electron chi connectivity index (χ1n) is 9.67. The highest BCUT2D eigenvalue weighted by Gasteiger charge is 2.10. The zero-order chi connectivity index (χ0) is 19.6. The lowest BCUT2D eigenvalue weighted by Gasteiger charge is -2.08. The second-order valence-corrected chi connectivity index (χ2v) is 7.02. The van der Waals surface area contributed by atoms with Crippen LogP contribution in [0.15, 0.2) is 109 Å². The molecule has 29 heavy (non-hydrogen) atoms. The number of hydrogen-bond donors (Lipinski definition) is 0. The van der Waals surface area contributed by atoms with Crippen LogP contribution < -0.4 is 0 Å². The van der Waals surface area contributed by atoms with Gasteiger partial charge in [-0.3, -0.25) is 4.79 Å². The Bertz CT molecular complexity index is 1290. The van der Waals surface area contributed by atoms with E-state index in [1.807, 2.05) is 48.5 Å². The van der Waals surface area contributed by atoms with Crippen molar-refractivity contribution in [3.05, 3.63) is 120 Å². The summed E-state index contributed by atoms with van der Waals surface area (Å²) in [6, 6.07) is 34.6. The molecule has 0 fully saturated rings. The normalized spacial score (nSPS) is 11.4. The predicted molar refractivity (Wildman–Crippen MR) is 121 cm³/mol. The van der Waals surface area contributed by atoms with Gasteiger partial charge in [-0.15, -0.1) is 0 Å². The number of rotatable bonds is 4. The number of fused-ring (bicyclic) bond motifs is 3. The predicted octanol–water partition coefficient (Wildman–Crippen LogP) is 6.68. The fourth-order valence-electron chi connectivity index (χ4n) is 3.81. The van der Waals surface area contributed by atoms with Gasteiger partial charge < -0.3 is 4.57 Å². The minimum atomic E-state index is 0.0112. The van der Waals surface area contributed by atoms with E-state index in [-0.39, 0.29) is 5.78 Å². The SMILES string of the molecule is O=C(/C=C/c1ccc(-n2c3ccccc3c3ccccc32)cc1)c1ccccc1. The smallest absolute Gasteiger partial charge is 0.185 e. The van der Waals surface area contributed by atoms with Crippen molar-refractivity contribution in [1.82, 2.24) is 4.57 Å². The van der Waals surface area contributed by atoms with Crippen molar-refractivity contribution in [2.24, 2.45) is 0 Å². The van der Waals surface area contributed by atoms with Gasteiger partial charge in [-0.05, 0) is 35.9 Å². The molecule has 0 N–H and O–H groups in total. The number of carbonyl (C=O) groups is 1. The molecule has 0 aliphatic heterocycles. The molecule has 0 amide bonds. The molecular formula is C27H19NO. The molecule has 0 aliphatic carbocycles. The molecule has 5 rings (SSSR count). The number of nitrogens with zero attached hydrogens (tertiary/aromatic N) is 1. The quantitative estimate of drug-likeness (QED) is 0.254. The van der Waals surface area contributed by atoms with Gasteiger partial charge in [0.15, 0.2) is 5.78 Å². The number of hydrogen-bond acceptors (Lipinski definition) is 1. The summed E-state index contributed by atoms with van der Waals surface area (Å²) in [6.45, 7) is 0. The van der Waals surface area contributed by atoms with E-state index >= 15 is 0 Å². The second kappa shape index (κ2) is 7.25. The van der Waals surface area contributed by atoms with Crippen molar-refractivity contribution in [2.45, 2.75) is 0 Å². The second-order valence-electron chi connectivity index (χ2n) is 7.02. The Morgan fingerprint density at radius 3 is 1.79 bits per heavy atom. The minimum absolute atomic E-state index is 0.0112. The van der Waals surface area contributed by atoms with E-state index in [2.05, 4.69) is 65.2 Å². The van der Waals surface area contributed by atoms with E-state index < -0.39 is 0 Å².